The van der Waals surface area contributed by atoms with Crippen LogP contribution in [0.25, 0.3) is 0 Å². The summed E-state index contributed by atoms with van der Waals surface area (Å²) in [6.45, 7) is 6.49. The first-order valence-corrected chi connectivity index (χ1v) is 6.71. The Kier molecular flexibility index (Phi) is 3.90. The van der Waals surface area contributed by atoms with E-state index in [1.54, 1.807) is 0 Å². The lowest BCUT2D eigenvalue weighted by Gasteiger charge is -2.30. The van der Waals surface area contributed by atoms with Crippen molar-refractivity contribution in [1.82, 2.24) is 4.67 Å². The highest BCUT2D eigenvalue weighted by Crippen LogP contribution is 2.26. The first-order chi connectivity index (χ1) is 8.06. The van der Waals surface area contributed by atoms with E-state index in [1.807, 2.05) is 0 Å². The molecule has 1 saturated heterocycles. The Morgan fingerprint density at radius 3 is 2.47 bits per heavy atom. The number of nitrogens with one attached hydrogen (secondary N) is 1. The van der Waals surface area contributed by atoms with Crippen molar-refractivity contribution < 1.29 is 0 Å². The second-order valence-corrected chi connectivity index (χ2v) is 5.71. The topological polar surface area (TPSA) is 41.3 Å². The average Bonchev–Trinajstić information content (AvgIpc) is 2.29. The van der Waals surface area contributed by atoms with Gasteiger partial charge in [-0.1, -0.05) is 9.39 Å². The number of nitrogen functional groups attached to an aromatic ring is 1. The molecule has 1 aliphatic heterocycles. The molecular weight excluding hydrogens is 229 g/mol. The lowest BCUT2D eigenvalue weighted by molar-refractivity contribution is 0.357. The van der Waals surface area contributed by atoms with Crippen LogP contribution in [0.1, 0.15) is 24.0 Å². The summed E-state index contributed by atoms with van der Waals surface area (Å²) in [6, 6.07) is 4.77. The van der Waals surface area contributed by atoms with Crippen molar-refractivity contribution in [3.8, 4) is 0 Å². The van der Waals surface area contributed by atoms with Crippen LogP contribution in [-0.2, 0) is 0 Å². The van der Waals surface area contributed by atoms with E-state index in [9.17, 15) is 0 Å². The molecule has 1 atom stereocenters. The molecule has 1 aromatic rings. The number of hydrogen-bond donors (Lipinski definition) is 2. The standard InChI is InChI=1S/C13H22N3P/c1-9-7-12(14)13(8-10(9)2)15-11-3-5-16(17)6-4-11/h7-8,11,15H,3-6,14,17H2,1-2H3. The molecular formula is C13H22N3P. The minimum absolute atomic E-state index is 0.552. The molecule has 0 aromatic heterocycles. The first-order valence-electron chi connectivity index (χ1n) is 6.19. The van der Waals surface area contributed by atoms with Crippen LogP contribution in [0.5, 0.6) is 0 Å². The van der Waals surface area contributed by atoms with E-state index in [1.165, 1.54) is 24.0 Å². The number of rotatable bonds is 2. The zero-order valence-electron chi connectivity index (χ0n) is 10.7. The molecule has 1 fully saturated rings. The fourth-order valence-corrected chi connectivity index (χ4v) is 2.53. The molecule has 3 N–H and O–H groups in total. The molecule has 1 heterocycles. The summed E-state index contributed by atoms with van der Waals surface area (Å²) in [7, 11) is 2.78. The maximum atomic E-state index is 6.06. The Morgan fingerprint density at radius 2 is 1.82 bits per heavy atom. The van der Waals surface area contributed by atoms with Crippen LogP contribution in [0, 0.1) is 13.8 Å². The summed E-state index contributed by atoms with van der Waals surface area (Å²) in [5.74, 6) is 0. The van der Waals surface area contributed by atoms with Gasteiger partial charge in [-0.05, 0) is 49.9 Å². The molecule has 0 spiro atoms. The minimum atomic E-state index is 0.552. The van der Waals surface area contributed by atoms with E-state index in [2.05, 4.69) is 45.4 Å². The first kappa shape index (κ1) is 12.7. The molecule has 1 unspecified atom stereocenters. The zero-order valence-corrected chi connectivity index (χ0v) is 11.8. The van der Waals surface area contributed by atoms with Gasteiger partial charge in [0.15, 0.2) is 0 Å². The average molecular weight is 251 g/mol. The van der Waals surface area contributed by atoms with Gasteiger partial charge in [0.2, 0.25) is 0 Å². The van der Waals surface area contributed by atoms with Crippen LogP contribution in [0.3, 0.4) is 0 Å². The quantitative estimate of drug-likeness (QED) is 0.627. The number of piperidine rings is 1. The molecule has 0 aliphatic carbocycles. The van der Waals surface area contributed by atoms with E-state index < -0.39 is 0 Å². The van der Waals surface area contributed by atoms with Crippen LogP contribution >= 0.6 is 9.39 Å². The maximum Gasteiger partial charge on any atom is 0.0578 e. The third-order valence-electron chi connectivity index (χ3n) is 3.56. The summed E-state index contributed by atoms with van der Waals surface area (Å²) in [6.07, 6.45) is 2.35. The summed E-state index contributed by atoms with van der Waals surface area (Å²) < 4.78 is 2.29. The number of nitrogens with zero attached hydrogens (tertiary/aromatic N) is 1. The molecule has 0 radical (unpaired) electrons. The molecule has 4 heteroatoms. The van der Waals surface area contributed by atoms with Crippen molar-refractivity contribution in [3.05, 3.63) is 23.3 Å². The van der Waals surface area contributed by atoms with Crippen molar-refractivity contribution in [2.24, 2.45) is 0 Å². The highest BCUT2D eigenvalue weighted by molar-refractivity contribution is 7.13. The van der Waals surface area contributed by atoms with Crippen LogP contribution in [-0.4, -0.2) is 23.8 Å². The second kappa shape index (κ2) is 5.24. The molecule has 3 nitrogen and oxygen atoms in total. The predicted molar refractivity (Wildman–Crippen MR) is 78.3 cm³/mol. The Morgan fingerprint density at radius 1 is 1.24 bits per heavy atom. The molecule has 0 saturated carbocycles. The molecule has 2 rings (SSSR count). The molecule has 1 aromatic carbocycles. The number of hydrogen-bond acceptors (Lipinski definition) is 3. The van der Waals surface area contributed by atoms with E-state index in [-0.39, 0.29) is 0 Å². The number of benzene rings is 1. The van der Waals surface area contributed by atoms with Gasteiger partial charge in [0.05, 0.1) is 11.4 Å². The van der Waals surface area contributed by atoms with E-state index in [0.717, 1.165) is 24.5 Å². The van der Waals surface area contributed by atoms with Gasteiger partial charge in [-0.15, -0.1) is 0 Å². The molecule has 1 aliphatic rings. The van der Waals surface area contributed by atoms with Gasteiger partial charge in [0.1, 0.15) is 0 Å². The summed E-state index contributed by atoms with van der Waals surface area (Å²) >= 11 is 0. The second-order valence-electron chi connectivity index (χ2n) is 4.98. The molecule has 17 heavy (non-hydrogen) atoms. The normalized spacial score (nSPS) is 18.3. The van der Waals surface area contributed by atoms with Crippen LogP contribution in [0.2, 0.25) is 0 Å². The van der Waals surface area contributed by atoms with Crippen molar-refractivity contribution in [1.29, 1.82) is 0 Å². The maximum absolute atomic E-state index is 6.06. The van der Waals surface area contributed by atoms with Gasteiger partial charge in [-0.3, -0.25) is 4.67 Å². The molecule has 94 valence electrons. The molecule has 0 bridgehead atoms. The Balaban J connectivity index is 2.06. The van der Waals surface area contributed by atoms with Gasteiger partial charge in [-0.2, -0.15) is 0 Å². The van der Waals surface area contributed by atoms with Crippen molar-refractivity contribution in [2.45, 2.75) is 32.7 Å². The van der Waals surface area contributed by atoms with Crippen molar-refractivity contribution in [3.63, 3.8) is 0 Å². The largest absolute Gasteiger partial charge is 0.397 e. The van der Waals surface area contributed by atoms with Gasteiger partial charge in [0.25, 0.3) is 0 Å². The van der Waals surface area contributed by atoms with Crippen LogP contribution < -0.4 is 11.1 Å². The van der Waals surface area contributed by atoms with Gasteiger partial charge in [-0.25, -0.2) is 0 Å². The van der Waals surface area contributed by atoms with Gasteiger partial charge < -0.3 is 11.1 Å². The summed E-state index contributed by atoms with van der Waals surface area (Å²) in [5.41, 5.74) is 10.6. The SMILES string of the molecule is Cc1cc(N)c(NC2CCN(P)CC2)cc1C. The highest BCUT2D eigenvalue weighted by Gasteiger charge is 2.17. The smallest absolute Gasteiger partial charge is 0.0578 e. The van der Waals surface area contributed by atoms with Crippen molar-refractivity contribution >= 4 is 20.8 Å². The fraction of sp³-hybridized carbons (Fsp3) is 0.538. The van der Waals surface area contributed by atoms with E-state index in [0.29, 0.717) is 6.04 Å². The Labute approximate surface area is 106 Å². The third kappa shape index (κ3) is 3.11. The number of anilines is 2. The predicted octanol–water partition coefficient (Wildman–Crippen LogP) is 2.55. The monoisotopic (exact) mass is 251 g/mol. The van der Waals surface area contributed by atoms with Crippen LogP contribution in [0.4, 0.5) is 11.4 Å². The van der Waals surface area contributed by atoms with Crippen molar-refractivity contribution in [2.75, 3.05) is 24.1 Å². The summed E-state index contributed by atoms with van der Waals surface area (Å²) in [5, 5.41) is 3.58. The number of aryl methyl sites for hydroxylation is 2. The van der Waals surface area contributed by atoms with E-state index >= 15 is 0 Å². The number of nitrogens with two attached hydrogens (primary N) is 1. The highest BCUT2D eigenvalue weighted by atomic mass is 31.0. The lowest BCUT2D eigenvalue weighted by atomic mass is 10.0. The molecule has 0 amide bonds. The third-order valence-corrected chi connectivity index (χ3v) is 4.07. The Bertz CT molecular complexity index is 398. The lowest BCUT2D eigenvalue weighted by Crippen LogP contribution is -2.34. The van der Waals surface area contributed by atoms with E-state index in [4.69, 9.17) is 5.73 Å². The zero-order chi connectivity index (χ0) is 12.4. The fourth-order valence-electron chi connectivity index (χ4n) is 2.23. The Hall–Kier alpha value is -0.790. The van der Waals surface area contributed by atoms with Crippen LogP contribution in [0.15, 0.2) is 12.1 Å². The summed E-state index contributed by atoms with van der Waals surface area (Å²) in [4.78, 5) is 0. The minimum Gasteiger partial charge on any atom is -0.397 e. The van der Waals surface area contributed by atoms with Gasteiger partial charge >= 0.3 is 0 Å². The van der Waals surface area contributed by atoms with Gasteiger partial charge in [0, 0.05) is 19.1 Å².